The Morgan fingerprint density at radius 1 is 1.09 bits per heavy atom. The zero-order valence-corrected chi connectivity index (χ0v) is 26.6. The molecule has 224 valence electrons. The summed E-state index contributed by atoms with van der Waals surface area (Å²) in [5, 5.41) is 20.9. The minimum atomic E-state index is -1.04. The lowest BCUT2D eigenvalue weighted by molar-refractivity contribution is -0.117. The normalized spacial score (nSPS) is 15.0. The van der Waals surface area contributed by atoms with Crippen LogP contribution in [0.2, 0.25) is 10.0 Å². The van der Waals surface area contributed by atoms with Crippen LogP contribution in [0.5, 0.6) is 11.5 Å². The summed E-state index contributed by atoms with van der Waals surface area (Å²) in [5.41, 5.74) is 1.23. The second kappa shape index (κ2) is 13.4. The van der Waals surface area contributed by atoms with Gasteiger partial charge in [-0.05, 0) is 67.8 Å². The van der Waals surface area contributed by atoms with E-state index in [1.54, 1.807) is 43.3 Å². The Labute approximate surface area is 266 Å². The zero-order valence-electron chi connectivity index (χ0n) is 23.4. The van der Waals surface area contributed by atoms with E-state index in [1.165, 1.54) is 22.7 Å². The number of Topliss-reactive ketones (excluding diaryl/α,β-unsaturated/α-hetero) is 1. The first-order chi connectivity index (χ1) is 20.7. The number of ether oxygens (including phenoxy) is 2. The van der Waals surface area contributed by atoms with Gasteiger partial charge in [0.15, 0.2) is 27.4 Å². The number of nitrogens with zero attached hydrogens (tertiary/aromatic N) is 3. The fourth-order valence-electron chi connectivity index (χ4n) is 4.47. The Morgan fingerprint density at radius 2 is 1.91 bits per heavy atom. The summed E-state index contributed by atoms with van der Waals surface area (Å²) in [5.74, 6) is -0.108. The van der Waals surface area contributed by atoms with E-state index in [0.29, 0.717) is 56.2 Å². The van der Waals surface area contributed by atoms with Gasteiger partial charge in [-0.2, -0.15) is 0 Å². The van der Waals surface area contributed by atoms with Gasteiger partial charge in [0.2, 0.25) is 10.9 Å². The van der Waals surface area contributed by atoms with Gasteiger partial charge in [0.1, 0.15) is 5.76 Å². The number of aryl methyl sites for hydroxylation is 1. The van der Waals surface area contributed by atoms with Crippen molar-refractivity contribution in [2.24, 2.45) is 0 Å². The van der Waals surface area contributed by atoms with E-state index in [9.17, 15) is 14.7 Å². The summed E-state index contributed by atoms with van der Waals surface area (Å²) in [6.07, 6.45) is 0.803. The van der Waals surface area contributed by atoms with E-state index in [1.807, 2.05) is 19.9 Å². The number of aromatic nitrogens is 2. The SMILES string of the molecule is CCCOc1ccc(C2C(C(=O)c3ccc(C)o3)=C(O)C(=O)N2c2nnc(SCc3ccc(Cl)cc3Cl)s2)cc1OCC. The molecule has 0 fully saturated rings. The van der Waals surface area contributed by atoms with Gasteiger partial charge in [0.05, 0.1) is 24.8 Å². The number of furan rings is 1. The third kappa shape index (κ3) is 6.54. The Morgan fingerprint density at radius 3 is 2.60 bits per heavy atom. The molecule has 1 aliphatic rings. The first-order valence-electron chi connectivity index (χ1n) is 13.4. The number of hydrogen-bond acceptors (Lipinski definition) is 10. The average molecular weight is 661 g/mol. The summed E-state index contributed by atoms with van der Waals surface area (Å²) in [4.78, 5) is 28.6. The van der Waals surface area contributed by atoms with E-state index in [2.05, 4.69) is 10.2 Å². The Hall–Kier alpha value is -3.51. The number of halogens is 2. The molecule has 2 aromatic heterocycles. The van der Waals surface area contributed by atoms with Crippen LogP contribution in [0.1, 0.15) is 53.8 Å². The molecule has 43 heavy (non-hydrogen) atoms. The topological polar surface area (TPSA) is 115 Å². The van der Waals surface area contributed by atoms with Gasteiger partial charge in [-0.25, -0.2) is 0 Å². The summed E-state index contributed by atoms with van der Waals surface area (Å²) in [6.45, 7) is 6.40. The van der Waals surface area contributed by atoms with Crippen molar-refractivity contribution >= 4 is 63.1 Å². The van der Waals surface area contributed by atoms with Gasteiger partial charge in [-0.3, -0.25) is 14.5 Å². The largest absolute Gasteiger partial charge is 0.503 e. The van der Waals surface area contributed by atoms with Crippen LogP contribution < -0.4 is 14.4 Å². The molecule has 1 unspecified atom stereocenters. The minimum Gasteiger partial charge on any atom is -0.503 e. The maximum absolute atomic E-state index is 13.7. The molecule has 0 aliphatic carbocycles. The van der Waals surface area contributed by atoms with Crippen molar-refractivity contribution in [2.75, 3.05) is 18.1 Å². The summed E-state index contributed by atoms with van der Waals surface area (Å²) >= 11 is 14.9. The van der Waals surface area contributed by atoms with Gasteiger partial charge in [0, 0.05) is 15.8 Å². The molecule has 1 N–H and O–H groups in total. The highest BCUT2D eigenvalue weighted by Gasteiger charge is 2.47. The first-order valence-corrected chi connectivity index (χ1v) is 15.9. The lowest BCUT2D eigenvalue weighted by atomic mass is 9.95. The number of thioether (sulfide) groups is 1. The second-order valence-corrected chi connectivity index (χ2v) is 12.5. The molecular weight excluding hydrogens is 633 g/mol. The molecule has 2 aromatic carbocycles. The Kier molecular flexibility index (Phi) is 9.65. The molecule has 0 spiro atoms. The van der Waals surface area contributed by atoms with Crippen LogP contribution in [-0.2, 0) is 10.5 Å². The fraction of sp³-hybridized carbons (Fsp3) is 0.267. The third-order valence-corrected chi connectivity index (χ3v) is 9.12. The van der Waals surface area contributed by atoms with Crippen LogP contribution in [0.3, 0.4) is 0 Å². The van der Waals surface area contributed by atoms with Gasteiger partial charge >= 0.3 is 0 Å². The van der Waals surface area contributed by atoms with Crippen LogP contribution in [0, 0.1) is 6.92 Å². The van der Waals surface area contributed by atoms with Crippen LogP contribution in [0.15, 0.2) is 68.6 Å². The number of benzene rings is 2. The lowest BCUT2D eigenvalue weighted by Crippen LogP contribution is -2.31. The minimum absolute atomic E-state index is 0.0000162. The summed E-state index contributed by atoms with van der Waals surface area (Å²) in [7, 11) is 0. The second-order valence-electron chi connectivity index (χ2n) is 9.44. The van der Waals surface area contributed by atoms with E-state index < -0.39 is 23.5 Å². The molecule has 1 aliphatic heterocycles. The maximum Gasteiger partial charge on any atom is 0.296 e. The van der Waals surface area contributed by atoms with Crippen LogP contribution in [0.4, 0.5) is 5.13 Å². The molecule has 0 radical (unpaired) electrons. The molecule has 0 bridgehead atoms. The Bertz CT molecular complexity index is 1700. The molecule has 3 heterocycles. The van der Waals surface area contributed by atoms with Crippen molar-refractivity contribution in [1.82, 2.24) is 10.2 Å². The number of aliphatic hydroxyl groups excluding tert-OH is 1. The highest BCUT2D eigenvalue weighted by atomic mass is 35.5. The van der Waals surface area contributed by atoms with E-state index in [4.69, 9.17) is 37.1 Å². The molecule has 13 heteroatoms. The van der Waals surface area contributed by atoms with Gasteiger partial charge < -0.3 is 19.0 Å². The standard InChI is InChI=1S/C30H27Cl2N3O6S2/c1-4-12-40-21-11-8-17(13-23(21)39-5-2)25-24(26(36)22-10-6-16(3)41-22)27(37)28(38)35(25)29-33-34-30(43-29)42-15-18-7-9-19(31)14-20(18)32/h6-11,13-14,25,37H,4-5,12,15H2,1-3H3. The first kappa shape index (κ1) is 30.9. The number of carbonyl (C=O) groups excluding carboxylic acids is 2. The van der Waals surface area contributed by atoms with Crippen LogP contribution in [-0.4, -0.2) is 40.2 Å². The molecule has 9 nitrogen and oxygen atoms in total. The highest BCUT2D eigenvalue weighted by Crippen LogP contribution is 2.46. The zero-order chi connectivity index (χ0) is 30.7. The fourth-order valence-corrected chi connectivity index (χ4v) is 6.90. The molecular formula is C30H27Cl2N3O6S2. The molecule has 4 aromatic rings. The summed E-state index contributed by atoms with van der Waals surface area (Å²) in [6, 6.07) is 12.5. The van der Waals surface area contributed by atoms with Crippen molar-refractivity contribution in [3.05, 3.63) is 92.6 Å². The monoisotopic (exact) mass is 659 g/mol. The smallest absolute Gasteiger partial charge is 0.296 e. The molecule has 0 saturated heterocycles. The van der Waals surface area contributed by atoms with Crippen LogP contribution >= 0.6 is 46.3 Å². The van der Waals surface area contributed by atoms with Crippen LogP contribution in [0.25, 0.3) is 0 Å². The number of anilines is 1. The molecule has 1 amide bonds. The van der Waals surface area contributed by atoms with E-state index >= 15 is 0 Å². The van der Waals surface area contributed by atoms with Crippen molar-refractivity contribution in [1.29, 1.82) is 0 Å². The average Bonchev–Trinajstić information content (AvgIpc) is 3.70. The van der Waals surface area contributed by atoms with E-state index in [-0.39, 0.29) is 16.5 Å². The molecule has 5 rings (SSSR count). The Balaban J connectivity index is 1.53. The van der Waals surface area contributed by atoms with Crippen molar-refractivity contribution < 1.29 is 28.6 Å². The number of amides is 1. The molecule has 0 saturated carbocycles. The molecule has 1 atom stereocenters. The predicted octanol–water partition coefficient (Wildman–Crippen LogP) is 8.01. The maximum atomic E-state index is 13.7. The number of hydrogen-bond donors (Lipinski definition) is 1. The predicted molar refractivity (Wildman–Crippen MR) is 167 cm³/mol. The van der Waals surface area contributed by atoms with Crippen molar-refractivity contribution in [3.63, 3.8) is 0 Å². The number of carbonyl (C=O) groups is 2. The van der Waals surface area contributed by atoms with Gasteiger partial charge in [0.25, 0.3) is 5.91 Å². The van der Waals surface area contributed by atoms with Gasteiger partial charge in [-0.1, -0.05) is 65.4 Å². The highest BCUT2D eigenvalue weighted by molar-refractivity contribution is 8.00. The van der Waals surface area contributed by atoms with E-state index in [0.717, 1.165) is 23.3 Å². The lowest BCUT2D eigenvalue weighted by Gasteiger charge is -2.24. The summed E-state index contributed by atoms with van der Waals surface area (Å²) < 4.78 is 17.8. The third-order valence-electron chi connectivity index (χ3n) is 6.43. The van der Waals surface area contributed by atoms with Crippen molar-refractivity contribution in [2.45, 2.75) is 43.3 Å². The van der Waals surface area contributed by atoms with Crippen molar-refractivity contribution in [3.8, 4) is 11.5 Å². The number of rotatable bonds is 12. The number of ketones is 1. The van der Waals surface area contributed by atoms with Gasteiger partial charge in [-0.15, -0.1) is 10.2 Å². The quantitative estimate of drug-likeness (QED) is 0.0917. The number of aliphatic hydroxyl groups is 1.